The molecule has 1 amide bonds. The Kier molecular flexibility index (Phi) is 6.44. The summed E-state index contributed by atoms with van der Waals surface area (Å²) in [7, 11) is 0. The average molecular weight is 446 g/mol. The lowest BCUT2D eigenvalue weighted by molar-refractivity contribution is -0.118. The number of morpholine rings is 1. The van der Waals surface area contributed by atoms with Crippen LogP contribution in [0.5, 0.6) is 0 Å². The highest BCUT2D eigenvalue weighted by Crippen LogP contribution is 2.30. The monoisotopic (exact) mass is 445 g/mol. The van der Waals surface area contributed by atoms with Crippen LogP contribution in [-0.4, -0.2) is 55.2 Å². The van der Waals surface area contributed by atoms with Crippen molar-refractivity contribution in [2.75, 3.05) is 44.3 Å². The van der Waals surface area contributed by atoms with Crippen molar-refractivity contribution in [3.63, 3.8) is 0 Å². The molecule has 5 rings (SSSR count). The molecule has 3 aromatic carbocycles. The van der Waals surface area contributed by atoms with Crippen LogP contribution in [-0.2, 0) is 16.0 Å². The molecular formula is C26H27N3O2S. The van der Waals surface area contributed by atoms with Gasteiger partial charge in [-0.05, 0) is 34.9 Å². The number of hydrogen-bond acceptors (Lipinski definition) is 5. The maximum atomic E-state index is 13.6. The first-order chi connectivity index (χ1) is 15.8. The fourth-order valence-corrected chi connectivity index (χ4v) is 5.29. The fraction of sp³-hybridized carbons (Fsp3) is 0.308. The van der Waals surface area contributed by atoms with Gasteiger partial charge < -0.3 is 4.74 Å². The minimum absolute atomic E-state index is 0.0994. The topological polar surface area (TPSA) is 45.7 Å². The van der Waals surface area contributed by atoms with Gasteiger partial charge in [0.2, 0.25) is 5.91 Å². The smallest absolute Gasteiger partial charge is 0.233 e. The van der Waals surface area contributed by atoms with Crippen molar-refractivity contribution >= 4 is 43.4 Å². The van der Waals surface area contributed by atoms with Gasteiger partial charge in [0.25, 0.3) is 0 Å². The highest BCUT2D eigenvalue weighted by Gasteiger charge is 2.21. The Morgan fingerprint density at radius 3 is 2.66 bits per heavy atom. The molecule has 1 aliphatic heterocycles. The molecule has 2 heterocycles. The van der Waals surface area contributed by atoms with Crippen LogP contribution in [0.1, 0.15) is 12.0 Å². The largest absolute Gasteiger partial charge is 0.379 e. The predicted octanol–water partition coefficient (Wildman–Crippen LogP) is 4.75. The SMILES string of the molecule is O=C(Cc1cccc2ccccc12)N(CCCN1CCOCC1)c1nc2ccccc2s1. The summed E-state index contributed by atoms with van der Waals surface area (Å²) in [6.07, 6.45) is 1.28. The zero-order chi connectivity index (χ0) is 21.8. The van der Waals surface area contributed by atoms with Crippen molar-refractivity contribution in [1.82, 2.24) is 9.88 Å². The van der Waals surface area contributed by atoms with Gasteiger partial charge >= 0.3 is 0 Å². The van der Waals surface area contributed by atoms with Crippen LogP contribution in [0, 0.1) is 0 Å². The van der Waals surface area contributed by atoms with Gasteiger partial charge in [-0.25, -0.2) is 4.98 Å². The molecule has 0 bridgehead atoms. The molecule has 0 atom stereocenters. The van der Waals surface area contributed by atoms with E-state index in [0.717, 1.165) is 71.0 Å². The maximum Gasteiger partial charge on any atom is 0.233 e. The van der Waals surface area contributed by atoms with Crippen LogP contribution in [0.4, 0.5) is 5.13 Å². The van der Waals surface area contributed by atoms with E-state index < -0.39 is 0 Å². The predicted molar refractivity (Wildman–Crippen MR) is 132 cm³/mol. The van der Waals surface area contributed by atoms with Gasteiger partial charge in [0, 0.05) is 26.2 Å². The highest BCUT2D eigenvalue weighted by molar-refractivity contribution is 7.22. The zero-order valence-corrected chi connectivity index (χ0v) is 18.9. The van der Waals surface area contributed by atoms with E-state index in [1.54, 1.807) is 11.3 Å². The molecule has 4 aromatic rings. The molecular weight excluding hydrogens is 418 g/mol. The number of anilines is 1. The Morgan fingerprint density at radius 1 is 1.00 bits per heavy atom. The first-order valence-corrected chi connectivity index (χ1v) is 12.0. The summed E-state index contributed by atoms with van der Waals surface area (Å²) in [5.41, 5.74) is 2.01. The van der Waals surface area contributed by atoms with Gasteiger partial charge in [0.15, 0.2) is 5.13 Å². The Morgan fingerprint density at radius 2 is 1.78 bits per heavy atom. The van der Waals surface area contributed by atoms with E-state index in [-0.39, 0.29) is 5.91 Å². The van der Waals surface area contributed by atoms with Crippen LogP contribution in [0.25, 0.3) is 21.0 Å². The van der Waals surface area contributed by atoms with Crippen LogP contribution >= 0.6 is 11.3 Å². The minimum atomic E-state index is 0.0994. The van der Waals surface area contributed by atoms with Crippen molar-refractivity contribution in [2.24, 2.45) is 0 Å². The average Bonchev–Trinajstić information content (AvgIpc) is 3.26. The molecule has 0 aliphatic carbocycles. The summed E-state index contributed by atoms with van der Waals surface area (Å²) in [5, 5.41) is 3.09. The van der Waals surface area contributed by atoms with Gasteiger partial charge in [-0.3, -0.25) is 14.6 Å². The van der Waals surface area contributed by atoms with Crippen LogP contribution < -0.4 is 4.90 Å². The number of carbonyl (C=O) groups is 1. The molecule has 0 spiro atoms. The molecule has 6 heteroatoms. The summed E-state index contributed by atoms with van der Waals surface area (Å²) < 4.78 is 6.57. The molecule has 0 N–H and O–H groups in total. The highest BCUT2D eigenvalue weighted by atomic mass is 32.1. The van der Waals surface area contributed by atoms with Crippen molar-refractivity contribution in [1.29, 1.82) is 0 Å². The Hall–Kier alpha value is -2.80. The molecule has 164 valence electrons. The Bertz CT molecular complexity index is 1180. The number of benzene rings is 3. The van der Waals surface area contributed by atoms with E-state index in [0.29, 0.717) is 13.0 Å². The van der Waals surface area contributed by atoms with E-state index >= 15 is 0 Å². The zero-order valence-electron chi connectivity index (χ0n) is 18.1. The lowest BCUT2D eigenvalue weighted by Gasteiger charge is -2.27. The number of ether oxygens (including phenoxy) is 1. The van der Waals surface area contributed by atoms with Gasteiger partial charge in [-0.1, -0.05) is 65.9 Å². The molecule has 1 aromatic heterocycles. The second kappa shape index (κ2) is 9.77. The first-order valence-electron chi connectivity index (χ1n) is 11.2. The first kappa shape index (κ1) is 21.1. The van der Waals surface area contributed by atoms with Crippen molar-refractivity contribution < 1.29 is 9.53 Å². The molecule has 1 aliphatic rings. The molecule has 0 unspecified atom stereocenters. The number of aromatic nitrogens is 1. The van der Waals surface area contributed by atoms with Crippen LogP contribution in [0.2, 0.25) is 0 Å². The molecule has 32 heavy (non-hydrogen) atoms. The summed E-state index contributed by atoms with van der Waals surface area (Å²) in [5.74, 6) is 0.0994. The van der Waals surface area contributed by atoms with Gasteiger partial charge in [0.1, 0.15) is 0 Å². The number of carbonyl (C=O) groups excluding carboxylic acids is 1. The van der Waals surface area contributed by atoms with Gasteiger partial charge in [-0.2, -0.15) is 0 Å². The number of fused-ring (bicyclic) bond motifs is 2. The fourth-order valence-electron chi connectivity index (χ4n) is 4.28. The third-order valence-corrected chi connectivity index (χ3v) is 7.06. The number of hydrogen-bond donors (Lipinski definition) is 0. The summed E-state index contributed by atoms with van der Waals surface area (Å²) >= 11 is 1.59. The van der Waals surface area contributed by atoms with Gasteiger partial charge in [-0.15, -0.1) is 0 Å². The number of amides is 1. The van der Waals surface area contributed by atoms with Crippen LogP contribution in [0.15, 0.2) is 66.7 Å². The second-order valence-electron chi connectivity index (χ2n) is 8.13. The van der Waals surface area contributed by atoms with Gasteiger partial charge in [0.05, 0.1) is 29.9 Å². The number of nitrogens with zero attached hydrogens (tertiary/aromatic N) is 3. The van der Waals surface area contributed by atoms with E-state index in [1.165, 1.54) is 0 Å². The summed E-state index contributed by atoms with van der Waals surface area (Å²) in [6, 6.07) is 22.5. The van der Waals surface area contributed by atoms with E-state index in [4.69, 9.17) is 9.72 Å². The number of thiazole rings is 1. The van der Waals surface area contributed by atoms with Crippen molar-refractivity contribution in [3.8, 4) is 0 Å². The van der Waals surface area contributed by atoms with E-state index in [2.05, 4.69) is 35.2 Å². The normalized spacial score (nSPS) is 14.8. The lowest BCUT2D eigenvalue weighted by Crippen LogP contribution is -2.39. The molecule has 5 nitrogen and oxygen atoms in total. The third kappa shape index (κ3) is 4.67. The summed E-state index contributed by atoms with van der Waals surface area (Å²) in [4.78, 5) is 22.7. The number of para-hydroxylation sites is 1. The molecule has 1 saturated heterocycles. The molecule has 0 saturated carbocycles. The Balaban J connectivity index is 1.38. The maximum absolute atomic E-state index is 13.6. The number of rotatable bonds is 7. The summed E-state index contributed by atoms with van der Waals surface area (Å²) in [6.45, 7) is 5.15. The molecule has 0 radical (unpaired) electrons. The quantitative estimate of drug-likeness (QED) is 0.412. The van der Waals surface area contributed by atoms with Crippen molar-refractivity contribution in [2.45, 2.75) is 12.8 Å². The minimum Gasteiger partial charge on any atom is -0.379 e. The van der Waals surface area contributed by atoms with Crippen LogP contribution in [0.3, 0.4) is 0 Å². The molecule has 1 fully saturated rings. The van der Waals surface area contributed by atoms with E-state index in [9.17, 15) is 4.79 Å². The Labute approximate surface area is 192 Å². The lowest BCUT2D eigenvalue weighted by atomic mass is 10.0. The van der Waals surface area contributed by atoms with Crippen molar-refractivity contribution in [3.05, 3.63) is 72.3 Å². The van der Waals surface area contributed by atoms with E-state index in [1.807, 2.05) is 41.3 Å². The standard InChI is InChI=1S/C26H27N3O2S/c30-25(19-21-9-5-8-20-7-1-2-10-22(20)21)29(14-6-13-28-15-17-31-18-16-28)26-27-23-11-3-4-12-24(23)32-26/h1-5,7-12H,6,13-19H2. The second-order valence-corrected chi connectivity index (χ2v) is 9.14. The third-order valence-electron chi connectivity index (χ3n) is 6.00.